The summed E-state index contributed by atoms with van der Waals surface area (Å²) in [4.78, 5) is 13.1. The minimum absolute atomic E-state index is 0.0724. The van der Waals surface area contributed by atoms with Crippen LogP contribution in [0.4, 0.5) is 0 Å². The highest BCUT2D eigenvalue weighted by atomic mass is 16.1. The molecule has 3 nitrogen and oxygen atoms in total. The molecular weight excluding hydrogens is 164 g/mol. The molecule has 0 bridgehead atoms. The van der Waals surface area contributed by atoms with E-state index >= 15 is 0 Å². The fraction of sp³-hybridized carbons (Fsp3) is 0.500. The lowest BCUT2D eigenvalue weighted by Crippen LogP contribution is -2.33. The van der Waals surface area contributed by atoms with Crippen LogP contribution in [0.2, 0.25) is 0 Å². The molecule has 0 aliphatic carbocycles. The zero-order valence-corrected chi connectivity index (χ0v) is 8.13. The Morgan fingerprint density at radius 3 is 2.92 bits per heavy atom. The van der Waals surface area contributed by atoms with Crippen LogP contribution in [0.1, 0.15) is 19.4 Å². The SMILES string of the molecule is CC(C)(CNCC=O)c1cc[nH]c1. The van der Waals surface area contributed by atoms with Gasteiger partial charge in [-0.05, 0) is 11.6 Å². The second-order valence-corrected chi connectivity index (χ2v) is 3.78. The van der Waals surface area contributed by atoms with E-state index in [1.807, 2.05) is 12.4 Å². The molecule has 0 saturated heterocycles. The first-order valence-corrected chi connectivity index (χ1v) is 4.44. The molecule has 0 aliphatic heterocycles. The molecule has 0 atom stereocenters. The maximum atomic E-state index is 10.1. The topological polar surface area (TPSA) is 44.9 Å². The van der Waals surface area contributed by atoms with Crippen LogP contribution in [0.5, 0.6) is 0 Å². The zero-order chi connectivity index (χ0) is 9.73. The third-order valence-corrected chi connectivity index (χ3v) is 2.17. The summed E-state index contributed by atoms with van der Waals surface area (Å²) in [6.07, 6.45) is 4.78. The van der Waals surface area contributed by atoms with Crippen LogP contribution in [0.25, 0.3) is 0 Å². The Morgan fingerprint density at radius 1 is 1.62 bits per heavy atom. The quantitative estimate of drug-likeness (QED) is 0.526. The van der Waals surface area contributed by atoms with Gasteiger partial charge in [0, 0.05) is 24.4 Å². The molecule has 1 rings (SSSR count). The molecule has 1 aromatic heterocycles. The van der Waals surface area contributed by atoms with Gasteiger partial charge in [-0.1, -0.05) is 13.8 Å². The predicted molar refractivity (Wildman–Crippen MR) is 52.8 cm³/mol. The molecule has 0 fully saturated rings. The number of H-pyrrole nitrogens is 1. The smallest absolute Gasteiger partial charge is 0.133 e. The standard InChI is InChI=1S/C10H16N2O/c1-10(2,8-12-5-6-13)9-3-4-11-7-9/h3-4,6-7,11-12H,5,8H2,1-2H3. The lowest BCUT2D eigenvalue weighted by Gasteiger charge is -2.23. The number of aromatic amines is 1. The van der Waals surface area contributed by atoms with Crippen molar-refractivity contribution in [1.82, 2.24) is 10.3 Å². The van der Waals surface area contributed by atoms with E-state index in [0.29, 0.717) is 6.54 Å². The highest BCUT2D eigenvalue weighted by Crippen LogP contribution is 2.20. The van der Waals surface area contributed by atoms with E-state index in [1.165, 1.54) is 5.56 Å². The van der Waals surface area contributed by atoms with E-state index in [-0.39, 0.29) is 5.41 Å². The van der Waals surface area contributed by atoms with Gasteiger partial charge in [0.1, 0.15) is 6.29 Å². The number of hydrogen-bond acceptors (Lipinski definition) is 2. The lowest BCUT2D eigenvalue weighted by atomic mass is 9.86. The molecule has 3 heteroatoms. The Balaban J connectivity index is 2.51. The molecular formula is C10H16N2O. The summed E-state index contributed by atoms with van der Waals surface area (Å²) < 4.78 is 0. The van der Waals surface area contributed by atoms with Crippen molar-refractivity contribution in [2.45, 2.75) is 19.3 Å². The summed E-state index contributed by atoms with van der Waals surface area (Å²) in [5.74, 6) is 0. The van der Waals surface area contributed by atoms with Crippen molar-refractivity contribution in [3.05, 3.63) is 24.0 Å². The molecule has 13 heavy (non-hydrogen) atoms. The van der Waals surface area contributed by atoms with Gasteiger partial charge in [0.2, 0.25) is 0 Å². The first-order valence-electron chi connectivity index (χ1n) is 4.44. The monoisotopic (exact) mass is 180 g/mol. The van der Waals surface area contributed by atoms with Gasteiger partial charge in [0.15, 0.2) is 0 Å². The molecule has 2 N–H and O–H groups in total. The van der Waals surface area contributed by atoms with Crippen LogP contribution in [0, 0.1) is 0 Å². The summed E-state index contributed by atoms with van der Waals surface area (Å²) in [5.41, 5.74) is 1.33. The fourth-order valence-electron chi connectivity index (χ4n) is 1.29. The fourth-order valence-corrected chi connectivity index (χ4v) is 1.29. The van der Waals surface area contributed by atoms with Crippen LogP contribution in [0.3, 0.4) is 0 Å². The van der Waals surface area contributed by atoms with E-state index in [0.717, 1.165) is 12.8 Å². The van der Waals surface area contributed by atoms with Gasteiger partial charge in [-0.2, -0.15) is 0 Å². The van der Waals surface area contributed by atoms with Crippen molar-refractivity contribution in [1.29, 1.82) is 0 Å². The van der Waals surface area contributed by atoms with Gasteiger partial charge in [-0.25, -0.2) is 0 Å². The molecule has 0 radical (unpaired) electrons. The van der Waals surface area contributed by atoms with Crippen LogP contribution >= 0.6 is 0 Å². The van der Waals surface area contributed by atoms with E-state index in [9.17, 15) is 4.79 Å². The molecule has 1 heterocycles. The Hall–Kier alpha value is -1.09. The third kappa shape index (κ3) is 2.70. The van der Waals surface area contributed by atoms with Gasteiger partial charge < -0.3 is 15.1 Å². The molecule has 0 amide bonds. The van der Waals surface area contributed by atoms with Gasteiger partial charge in [-0.15, -0.1) is 0 Å². The number of carbonyl (C=O) groups is 1. The molecule has 1 aromatic rings. The maximum Gasteiger partial charge on any atom is 0.133 e. The second-order valence-electron chi connectivity index (χ2n) is 3.78. The Labute approximate surface area is 78.5 Å². The summed E-state index contributed by atoms with van der Waals surface area (Å²) >= 11 is 0. The molecule has 0 unspecified atom stereocenters. The summed E-state index contributed by atoms with van der Waals surface area (Å²) in [6, 6.07) is 2.06. The largest absolute Gasteiger partial charge is 0.367 e. The maximum absolute atomic E-state index is 10.1. The van der Waals surface area contributed by atoms with Crippen molar-refractivity contribution in [3.63, 3.8) is 0 Å². The minimum Gasteiger partial charge on any atom is -0.367 e. The number of hydrogen-bond donors (Lipinski definition) is 2. The van der Waals surface area contributed by atoms with Crippen LogP contribution in [0.15, 0.2) is 18.5 Å². The number of nitrogens with one attached hydrogen (secondary N) is 2. The van der Waals surface area contributed by atoms with Crippen molar-refractivity contribution in [2.24, 2.45) is 0 Å². The summed E-state index contributed by atoms with van der Waals surface area (Å²) in [6.45, 7) is 5.53. The van der Waals surface area contributed by atoms with Crippen LogP contribution < -0.4 is 5.32 Å². The average Bonchev–Trinajstić information content (AvgIpc) is 2.56. The van der Waals surface area contributed by atoms with E-state index in [1.54, 1.807) is 0 Å². The Bertz CT molecular complexity index is 252. The summed E-state index contributed by atoms with van der Waals surface area (Å²) in [7, 11) is 0. The van der Waals surface area contributed by atoms with E-state index < -0.39 is 0 Å². The van der Waals surface area contributed by atoms with Gasteiger partial charge >= 0.3 is 0 Å². The van der Waals surface area contributed by atoms with Gasteiger partial charge in [0.25, 0.3) is 0 Å². The molecule has 0 spiro atoms. The predicted octanol–water partition coefficient (Wildman–Crippen LogP) is 1.08. The lowest BCUT2D eigenvalue weighted by molar-refractivity contribution is -0.107. The van der Waals surface area contributed by atoms with Crippen molar-refractivity contribution >= 4 is 6.29 Å². The Morgan fingerprint density at radius 2 is 2.38 bits per heavy atom. The average molecular weight is 180 g/mol. The molecule has 72 valence electrons. The highest BCUT2D eigenvalue weighted by molar-refractivity contribution is 5.51. The second kappa shape index (κ2) is 4.23. The van der Waals surface area contributed by atoms with Gasteiger partial charge in [-0.3, -0.25) is 0 Å². The van der Waals surface area contributed by atoms with Crippen LogP contribution in [-0.2, 0) is 10.2 Å². The first-order chi connectivity index (χ1) is 6.17. The van der Waals surface area contributed by atoms with Crippen LogP contribution in [-0.4, -0.2) is 24.4 Å². The van der Waals surface area contributed by atoms with Crippen molar-refractivity contribution in [3.8, 4) is 0 Å². The number of aromatic nitrogens is 1. The third-order valence-electron chi connectivity index (χ3n) is 2.17. The van der Waals surface area contributed by atoms with Gasteiger partial charge in [0.05, 0.1) is 6.54 Å². The minimum atomic E-state index is 0.0724. The normalized spacial score (nSPS) is 11.5. The number of aldehydes is 1. The number of carbonyl (C=O) groups excluding carboxylic acids is 1. The highest BCUT2D eigenvalue weighted by Gasteiger charge is 2.19. The first kappa shape index (κ1) is 9.99. The Kier molecular flexibility index (Phi) is 3.25. The van der Waals surface area contributed by atoms with E-state index in [2.05, 4.69) is 30.2 Å². The zero-order valence-electron chi connectivity index (χ0n) is 8.13. The molecule has 0 aromatic carbocycles. The summed E-state index contributed by atoms with van der Waals surface area (Å²) in [5, 5.41) is 3.08. The van der Waals surface area contributed by atoms with Crippen molar-refractivity contribution < 1.29 is 4.79 Å². The van der Waals surface area contributed by atoms with E-state index in [4.69, 9.17) is 0 Å². The number of rotatable bonds is 5. The molecule has 0 aliphatic rings. The van der Waals surface area contributed by atoms with Crippen molar-refractivity contribution in [2.75, 3.05) is 13.1 Å². The molecule has 0 saturated carbocycles.